The molecule has 0 unspecified atom stereocenters. The van der Waals surface area contributed by atoms with Crippen molar-refractivity contribution < 1.29 is 9.53 Å². The van der Waals surface area contributed by atoms with Gasteiger partial charge >= 0.3 is 0 Å². The maximum atomic E-state index is 11.6. The first-order valence-corrected chi connectivity index (χ1v) is 6.88. The van der Waals surface area contributed by atoms with Gasteiger partial charge in [-0.3, -0.25) is 4.79 Å². The van der Waals surface area contributed by atoms with Gasteiger partial charge in [-0.05, 0) is 30.5 Å². The summed E-state index contributed by atoms with van der Waals surface area (Å²) in [5, 5.41) is 2.98. The fourth-order valence-corrected chi connectivity index (χ4v) is 2.21. The third-order valence-electron chi connectivity index (χ3n) is 3.56. The molecule has 102 valence electrons. The highest BCUT2D eigenvalue weighted by atomic mass is 16.5. The summed E-state index contributed by atoms with van der Waals surface area (Å²) < 4.78 is 5.34. The molecule has 0 radical (unpaired) electrons. The topological polar surface area (TPSA) is 54.5 Å². The Hall–Kier alpha value is -1.62. The number of nitrogens with one attached hydrogen (secondary N) is 1. The second-order valence-electron chi connectivity index (χ2n) is 5.11. The highest BCUT2D eigenvalue weighted by molar-refractivity contribution is 5.80. The second kappa shape index (κ2) is 5.57. The molecule has 0 aromatic carbocycles. The van der Waals surface area contributed by atoms with Crippen molar-refractivity contribution in [3.63, 3.8) is 0 Å². The number of hydrogen-bond donors (Lipinski definition) is 1. The number of nitrogens with zero attached hydrogens (tertiary/aromatic N) is 2. The zero-order valence-corrected chi connectivity index (χ0v) is 11.0. The standard InChI is InChI=1S/C14H19N3O2/c18-14(12-1-2-12)16-10-11-3-4-15-13(9-11)17-5-7-19-8-6-17/h3-4,9,12H,1-2,5-8,10H2,(H,16,18). The number of carbonyl (C=O) groups excluding carboxylic acids is 1. The minimum atomic E-state index is 0.185. The van der Waals surface area contributed by atoms with E-state index in [0.29, 0.717) is 6.54 Å². The van der Waals surface area contributed by atoms with E-state index in [0.717, 1.165) is 50.5 Å². The molecular weight excluding hydrogens is 242 g/mol. The molecule has 2 aliphatic rings. The van der Waals surface area contributed by atoms with Crippen LogP contribution in [0.3, 0.4) is 0 Å². The van der Waals surface area contributed by atoms with E-state index >= 15 is 0 Å². The van der Waals surface area contributed by atoms with Crippen molar-refractivity contribution >= 4 is 11.7 Å². The SMILES string of the molecule is O=C(NCc1ccnc(N2CCOCC2)c1)C1CC1. The Morgan fingerprint density at radius 1 is 1.42 bits per heavy atom. The van der Waals surface area contributed by atoms with Crippen LogP contribution in [0.25, 0.3) is 0 Å². The molecule has 0 bridgehead atoms. The Balaban J connectivity index is 1.60. The van der Waals surface area contributed by atoms with Crippen LogP contribution in [0.15, 0.2) is 18.3 Å². The number of hydrogen-bond acceptors (Lipinski definition) is 4. The van der Waals surface area contributed by atoms with Gasteiger partial charge in [0.15, 0.2) is 0 Å². The molecule has 2 fully saturated rings. The quantitative estimate of drug-likeness (QED) is 0.876. The number of anilines is 1. The summed E-state index contributed by atoms with van der Waals surface area (Å²) in [6.45, 7) is 3.86. The van der Waals surface area contributed by atoms with E-state index in [4.69, 9.17) is 4.74 Å². The summed E-state index contributed by atoms with van der Waals surface area (Å²) in [6.07, 6.45) is 3.89. The summed E-state index contributed by atoms with van der Waals surface area (Å²) in [7, 11) is 0. The van der Waals surface area contributed by atoms with Crippen molar-refractivity contribution in [2.45, 2.75) is 19.4 Å². The summed E-state index contributed by atoms with van der Waals surface area (Å²) >= 11 is 0. The molecule has 1 N–H and O–H groups in total. The predicted molar refractivity (Wildman–Crippen MR) is 71.8 cm³/mol. The van der Waals surface area contributed by atoms with Crippen LogP contribution in [-0.4, -0.2) is 37.2 Å². The minimum Gasteiger partial charge on any atom is -0.378 e. The zero-order valence-electron chi connectivity index (χ0n) is 11.0. The lowest BCUT2D eigenvalue weighted by Gasteiger charge is -2.28. The van der Waals surface area contributed by atoms with E-state index in [1.807, 2.05) is 12.3 Å². The Labute approximate surface area is 113 Å². The first kappa shape index (κ1) is 12.4. The van der Waals surface area contributed by atoms with Gasteiger partial charge in [-0.15, -0.1) is 0 Å². The van der Waals surface area contributed by atoms with Crippen molar-refractivity contribution in [3.05, 3.63) is 23.9 Å². The van der Waals surface area contributed by atoms with Crippen LogP contribution in [-0.2, 0) is 16.1 Å². The summed E-state index contributed by atoms with van der Waals surface area (Å²) in [4.78, 5) is 18.2. The van der Waals surface area contributed by atoms with Crippen molar-refractivity contribution in [2.24, 2.45) is 5.92 Å². The van der Waals surface area contributed by atoms with E-state index in [1.165, 1.54) is 0 Å². The van der Waals surface area contributed by atoms with Gasteiger partial charge in [0.25, 0.3) is 0 Å². The van der Waals surface area contributed by atoms with Crippen molar-refractivity contribution in [1.82, 2.24) is 10.3 Å². The molecule has 1 saturated heterocycles. The normalized spacial score (nSPS) is 19.3. The maximum Gasteiger partial charge on any atom is 0.223 e. The van der Waals surface area contributed by atoms with Crippen LogP contribution in [0.4, 0.5) is 5.82 Å². The van der Waals surface area contributed by atoms with Gasteiger partial charge in [0.05, 0.1) is 13.2 Å². The van der Waals surface area contributed by atoms with Gasteiger partial charge in [0.2, 0.25) is 5.91 Å². The number of rotatable bonds is 4. The lowest BCUT2D eigenvalue weighted by atomic mass is 10.2. The number of amides is 1. The average molecular weight is 261 g/mol. The molecular formula is C14H19N3O2. The predicted octanol–water partition coefficient (Wildman–Crippen LogP) is 0.944. The molecule has 1 aliphatic carbocycles. The van der Waals surface area contributed by atoms with Crippen LogP contribution >= 0.6 is 0 Å². The molecule has 1 amide bonds. The van der Waals surface area contributed by atoms with E-state index < -0.39 is 0 Å². The average Bonchev–Trinajstić information content (AvgIpc) is 3.31. The van der Waals surface area contributed by atoms with E-state index in [1.54, 1.807) is 0 Å². The zero-order chi connectivity index (χ0) is 13.1. The highest BCUT2D eigenvalue weighted by Crippen LogP contribution is 2.28. The molecule has 1 saturated carbocycles. The fraction of sp³-hybridized carbons (Fsp3) is 0.571. The Bertz CT molecular complexity index is 454. The van der Waals surface area contributed by atoms with E-state index in [-0.39, 0.29) is 11.8 Å². The van der Waals surface area contributed by atoms with Gasteiger partial charge in [0, 0.05) is 31.7 Å². The molecule has 1 aromatic rings. The van der Waals surface area contributed by atoms with Crippen molar-refractivity contribution in [1.29, 1.82) is 0 Å². The number of aromatic nitrogens is 1. The van der Waals surface area contributed by atoms with E-state index in [2.05, 4.69) is 21.3 Å². The Morgan fingerprint density at radius 2 is 2.21 bits per heavy atom. The van der Waals surface area contributed by atoms with Crippen LogP contribution in [0.5, 0.6) is 0 Å². The number of morpholine rings is 1. The van der Waals surface area contributed by atoms with Crippen LogP contribution in [0.1, 0.15) is 18.4 Å². The lowest BCUT2D eigenvalue weighted by molar-refractivity contribution is -0.122. The van der Waals surface area contributed by atoms with Crippen LogP contribution < -0.4 is 10.2 Å². The smallest absolute Gasteiger partial charge is 0.223 e. The summed E-state index contributed by atoms with van der Waals surface area (Å²) in [6, 6.07) is 4.01. The highest BCUT2D eigenvalue weighted by Gasteiger charge is 2.29. The number of carbonyl (C=O) groups is 1. The maximum absolute atomic E-state index is 11.6. The molecule has 1 aromatic heterocycles. The Kier molecular flexibility index (Phi) is 3.64. The summed E-state index contributed by atoms with van der Waals surface area (Å²) in [5.74, 6) is 1.42. The van der Waals surface area contributed by atoms with Crippen molar-refractivity contribution in [3.8, 4) is 0 Å². The van der Waals surface area contributed by atoms with Gasteiger partial charge in [-0.2, -0.15) is 0 Å². The van der Waals surface area contributed by atoms with Crippen LogP contribution in [0.2, 0.25) is 0 Å². The molecule has 0 atom stereocenters. The van der Waals surface area contributed by atoms with E-state index in [9.17, 15) is 4.79 Å². The third kappa shape index (κ3) is 3.23. The third-order valence-corrected chi connectivity index (χ3v) is 3.56. The molecule has 5 heteroatoms. The second-order valence-corrected chi connectivity index (χ2v) is 5.11. The molecule has 5 nitrogen and oxygen atoms in total. The van der Waals surface area contributed by atoms with Gasteiger partial charge in [0.1, 0.15) is 5.82 Å². The minimum absolute atomic E-state index is 0.185. The molecule has 0 spiro atoms. The molecule has 1 aliphatic heterocycles. The number of pyridine rings is 1. The summed E-state index contributed by atoms with van der Waals surface area (Å²) in [5.41, 5.74) is 1.10. The van der Waals surface area contributed by atoms with Gasteiger partial charge in [-0.1, -0.05) is 0 Å². The first-order chi connectivity index (χ1) is 9.33. The molecule has 3 rings (SSSR count). The first-order valence-electron chi connectivity index (χ1n) is 6.88. The molecule has 2 heterocycles. The fourth-order valence-electron chi connectivity index (χ4n) is 2.21. The van der Waals surface area contributed by atoms with Crippen molar-refractivity contribution in [2.75, 3.05) is 31.2 Å². The largest absolute Gasteiger partial charge is 0.378 e. The molecule has 19 heavy (non-hydrogen) atoms. The Morgan fingerprint density at radius 3 is 2.95 bits per heavy atom. The number of ether oxygens (including phenoxy) is 1. The van der Waals surface area contributed by atoms with Gasteiger partial charge in [-0.25, -0.2) is 4.98 Å². The van der Waals surface area contributed by atoms with Gasteiger partial charge < -0.3 is 15.0 Å². The van der Waals surface area contributed by atoms with Crippen LogP contribution in [0, 0.1) is 5.92 Å². The lowest BCUT2D eigenvalue weighted by Crippen LogP contribution is -2.36. The monoisotopic (exact) mass is 261 g/mol.